The molecule has 4 nitrogen and oxygen atoms in total. The third-order valence-electron chi connectivity index (χ3n) is 4.20. The van der Waals surface area contributed by atoms with Gasteiger partial charge in [0, 0.05) is 30.0 Å². The van der Waals surface area contributed by atoms with Crippen molar-refractivity contribution in [2.75, 3.05) is 12.3 Å². The van der Waals surface area contributed by atoms with Gasteiger partial charge in [0.15, 0.2) is 0 Å². The van der Waals surface area contributed by atoms with Crippen LogP contribution in [0.25, 0.3) is 11.0 Å². The van der Waals surface area contributed by atoms with Gasteiger partial charge in [-0.05, 0) is 49.2 Å². The van der Waals surface area contributed by atoms with Crippen molar-refractivity contribution in [1.29, 1.82) is 0 Å². The molecule has 0 aliphatic heterocycles. The lowest BCUT2D eigenvalue weighted by Crippen LogP contribution is -2.26. The van der Waals surface area contributed by atoms with Crippen molar-refractivity contribution in [3.63, 3.8) is 0 Å². The van der Waals surface area contributed by atoms with E-state index < -0.39 is 0 Å². The van der Waals surface area contributed by atoms with E-state index in [-0.39, 0.29) is 5.91 Å². The van der Waals surface area contributed by atoms with Crippen LogP contribution < -0.4 is 5.32 Å². The lowest BCUT2D eigenvalue weighted by Gasteiger charge is -2.06. The van der Waals surface area contributed by atoms with Crippen LogP contribution in [0.3, 0.4) is 0 Å². The van der Waals surface area contributed by atoms with Crippen molar-refractivity contribution >= 4 is 28.7 Å². The van der Waals surface area contributed by atoms with Gasteiger partial charge in [0.25, 0.3) is 0 Å². The number of imidazole rings is 1. The SMILES string of the molecule is Cc1ccc(SCCNC(=O)CCc2nc3ccccc3[nH]2)cc1C. The topological polar surface area (TPSA) is 57.8 Å². The first-order valence-electron chi connectivity index (χ1n) is 8.52. The second-order valence-corrected chi connectivity index (χ2v) is 7.31. The predicted octanol–water partition coefficient (Wildman–Crippen LogP) is 4.02. The Morgan fingerprint density at radius 1 is 1.16 bits per heavy atom. The highest BCUT2D eigenvalue weighted by Crippen LogP contribution is 2.20. The van der Waals surface area contributed by atoms with Gasteiger partial charge in [-0.25, -0.2) is 4.98 Å². The van der Waals surface area contributed by atoms with Crippen molar-refractivity contribution in [1.82, 2.24) is 15.3 Å². The number of aromatic amines is 1. The molecule has 1 aromatic heterocycles. The predicted molar refractivity (Wildman–Crippen MR) is 104 cm³/mol. The summed E-state index contributed by atoms with van der Waals surface area (Å²) >= 11 is 1.77. The summed E-state index contributed by atoms with van der Waals surface area (Å²) in [7, 11) is 0. The first-order valence-corrected chi connectivity index (χ1v) is 9.51. The van der Waals surface area contributed by atoms with E-state index in [1.807, 2.05) is 24.3 Å². The maximum Gasteiger partial charge on any atom is 0.220 e. The van der Waals surface area contributed by atoms with Crippen LogP contribution in [0, 0.1) is 13.8 Å². The van der Waals surface area contributed by atoms with Gasteiger partial charge in [0.2, 0.25) is 5.91 Å². The number of aryl methyl sites for hydroxylation is 3. The average Bonchev–Trinajstić information content (AvgIpc) is 3.03. The molecule has 130 valence electrons. The minimum Gasteiger partial charge on any atom is -0.355 e. The fraction of sp³-hybridized carbons (Fsp3) is 0.300. The molecule has 2 aromatic carbocycles. The van der Waals surface area contributed by atoms with Crippen LogP contribution in [0.1, 0.15) is 23.4 Å². The molecule has 2 N–H and O–H groups in total. The molecule has 0 aliphatic carbocycles. The maximum atomic E-state index is 12.0. The molecular weight excluding hydrogens is 330 g/mol. The Kier molecular flexibility index (Phi) is 5.76. The zero-order chi connectivity index (χ0) is 17.6. The number of benzene rings is 2. The van der Waals surface area contributed by atoms with Crippen LogP contribution in [0.4, 0.5) is 0 Å². The van der Waals surface area contributed by atoms with Gasteiger partial charge >= 0.3 is 0 Å². The van der Waals surface area contributed by atoms with E-state index in [0.29, 0.717) is 19.4 Å². The second-order valence-electron chi connectivity index (χ2n) is 6.15. The highest BCUT2D eigenvalue weighted by molar-refractivity contribution is 7.99. The number of hydrogen-bond donors (Lipinski definition) is 2. The summed E-state index contributed by atoms with van der Waals surface area (Å²) < 4.78 is 0. The number of amides is 1. The summed E-state index contributed by atoms with van der Waals surface area (Å²) in [6.07, 6.45) is 1.08. The van der Waals surface area contributed by atoms with E-state index in [9.17, 15) is 4.79 Å². The van der Waals surface area contributed by atoms with Gasteiger partial charge in [0.1, 0.15) is 5.82 Å². The van der Waals surface area contributed by atoms with Gasteiger partial charge < -0.3 is 10.3 Å². The standard InChI is InChI=1S/C20H23N3OS/c1-14-7-8-16(13-15(14)2)25-12-11-21-20(24)10-9-19-22-17-5-3-4-6-18(17)23-19/h3-8,13H,9-12H2,1-2H3,(H,21,24)(H,22,23). The minimum atomic E-state index is 0.0705. The fourth-order valence-corrected chi connectivity index (χ4v) is 3.47. The summed E-state index contributed by atoms with van der Waals surface area (Å²) in [5, 5.41) is 2.98. The number of nitrogens with zero attached hydrogens (tertiary/aromatic N) is 1. The summed E-state index contributed by atoms with van der Waals surface area (Å²) in [6.45, 7) is 4.92. The number of aromatic nitrogens is 2. The van der Waals surface area contributed by atoms with Crippen molar-refractivity contribution in [3.05, 3.63) is 59.4 Å². The van der Waals surface area contributed by atoms with Crippen LogP contribution in [0.5, 0.6) is 0 Å². The highest BCUT2D eigenvalue weighted by Gasteiger charge is 2.06. The van der Waals surface area contributed by atoms with E-state index in [1.54, 1.807) is 11.8 Å². The largest absolute Gasteiger partial charge is 0.355 e. The van der Waals surface area contributed by atoms with Gasteiger partial charge in [-0.3, -0.25) is 4.79 Å². The van der Waals surface area contributed by atoms with E-state index in [4.69, 9.17) is 0 Å². The molecule has 0 radical (unpaired) electrons. The number of carbonyl (C=O) groups is 1. The number of thioether (sulfide) groups is 1. The Balaban J connectivity index is 1.38. The summed E-state index contributed by atoms with van der Waals surface area (Å²) in [5.41, 5.74) is 4.58. The van der Waals surface area contributed by atoms with E-state index >= 15 is 0 Å². The summed E-state index contributed by atoms with van der Waals surface area (Å²) in [5.74, 6) is 1.81. The molecule has 5 heteroatoms. The lowest BCUT2D eigenvalue weighted by molar-refractivity contribution is -0.120. The van der Waals surface area contributed by atoms with Crippen LogP contribution in [0.2, 0.25) is 0 Å². The molecular formula is C20H23N3OS. The van der Waals surface area contributed by atoms with E-state index in [0.717, 1.165) is 22.6 Å². The number of nitrogens with one attached hydrogen (secondary N) is 2. The molecule has 1 heterocycles. The molecule has 25 heavy (non-hydrogen) atoms. The van der Waals surface area contributed by atoms with Crippen LogP contribution >= 0.6 is 11.8 Å². The van der Waals surface area contributed by atoms with Crippen molar-refractivity contribution in [3.8, 4) is 0 Å². The molecule has 0 fully saturated rings. The molecule has 0 atom stereocenters. The Bertz CT molecular complexity index is 839. The normalized spacial score (nSPS) is 11.0. The van der Waals surface area contributed by atoms with Gasteiger partial charge in [-0.1, -0.05) is 18.2 Å². The molecule has 0 unspecified atom stereocenters. The van der Waals surface area contributed by atoms with Gasteiger partial charge in [-0.15, -0.1) is 11.8 Å². The zero-order valence-electron chi connectivity index (χ0n) is 14.6. The smallest absolute Gasteiger partial charge is 0.220 e. The number of fused-ring (bicyclic) bond motifs is 1. The molecule has 0 bridgehead atoms. The number of para-hydroxylation sites is 2. The Labute approximate surface area is 152 Å². The summed E-state index contributed by atoms with van der Waals surface area (Å²) in [6, 6.07) is 14.4. The first kappa shape index (κ1) is 17.5. The van der Waals surface area contributed by atoms with Crippen LogP contribution in [0.15, 0.2) is 47.4 Å². The minimum absolute atomic E-state index is 0.0705. The quantitative estimate of drug-likeness (QED) is 0.498. The number of hydrogen-bond acceptors (Lipinski definition) is 3. The zero-order valence-corrected chi connectivity index (χ0v) is 15.5. The number of H-pyrrole nitrogens is 1. The second kappa shape index (κ2) is 8.21. The number of carbonyl (C=O) groups excluding carboxylic acids is 1. The Morgan fingerprint density at radius 2 is 2.00 bits per heavy atom. The Hall–Kier alpha value is -2.27. The van der Waals surface area contributed by atoms with Crippen molar-refractivity contribution in [2.24, 2.45) is 0 Å². The molecule has 3 rings (SSSR count). The fourth-order valence-electron chi connectivity index (χ4n) is 2.61. The third-order valence-corrected chi connectivity index (χ3v) is 5.19. The molecule has 0 aliphatic rings. The molecule has 0 spiro atoms. The van der Waals surface area contributed by atoms with E-state index in [1.165, 1.54) is 16.0 Å². The first-order chi connectivity index (χ1) is 12.1. The molecule has 0 saturated carbocycles. The average molecular weight is 353 g/mol. The van der Waals surface area contributed by atoms with Crippen LogP contribution in [-0.2, 0) is 11.2 Å². The Morgan fingerprint density at radius 3 is 2.80 bits per heavy atom. The van der Waals surface area contributed by atoms with Crippen molar-refractivity contribution < 1.29 is 4.79 Å². The van der Waals surface area contributed by atoms with Crippen molar-refractivity contribution in [2.45, 2.75) is 31.6 Å². The maximum absolute atomic E-state index is 12.0. The number of rotatable bonds is 7. The van der Waals surface area contributed by atoms with Gasteiger partial charge in [-0.2, -0.15) is 0 Å². The lowest BCUT2D eigenvalue weighted by atomic mass is 10.1. The molecule has 3 aromatic rings. The van der Waals surface area contributed by atoms with Gasteiger partial charge in [0.05, 0.1) is 11.0 Å². The third kappa shape index (κ3) is 4.86. The van der Waals surface area contributed by atoms with Crippen LogP contribution in [-0.4, -0.2) is 28.2 Å². The van der Waals surface area contributed by atoms with E-state index in [2.05, 4.69) is 47.3 Å². The highest BCUT2D eigenvalue weighted by atomic mass is 32.2. The molecule has 1 amide bonds. The molecule has 0 saturated heterocycles. The summed E-state index contributed by atoms with van der Waals surface area (Å²) in [4.78, 5) is 21.0. The monoisotopic (exact) mass is 353 g/mol.